The Bertz CT molecular complexity index is 499. The summed E-state index contributed by atoms with van der Waals surface area (Å²) in [6.07, 6.45) is 1.04. The molecule has 1 unspecified atom stereocenters. The summed E-state index contributed by atoms with van der Waals surface area (Å²) in [5.41, 5.74) is 2.61. The third kappa shape index (κ3) is 2.99. The van der Waals surface area contributed by atoms with Crippen LogP contribution in [0, 0.1) is 6.92 Å². The van der Waals surface area contributed by atoms with Crippen LogP contribution >= 0.6 is 11.3 Å². The molecule has 0 amide bonds. The summed E-state index contributed by atoms with van der Waals surface area (Å²) in [5.74, 6) is 1.13. The molecule has 1 nitrogen and oxygen atoms in total. The third-order valence-corrected chi connectivity index (χ3v) is 4.73. The summed E-state index contributed by atoms with van der Waals surface area (Å²) >= 11 is 1.88. The van der Waals surface area contributed by atoms with E-state index in [2.05, 4.69) is 58.0 Å². The highest BCUT2D eigenvalue weighted by atomic mass is 32.1. The lowest BCUT2D eigenvalue weighted by Crippen LogP contribution is -1.97. The van der Waals surface area contributed by atoms with E-state index in [1.54, 1.807) is 0 Å². The molecule has 0 bridgehead atoms. The Morgan fingerprint density at radius 2 is 1.78 bits per heavy atom. The first-order valence-corrected chi connectivity index (χ1v) is 7.40. The molecule has 18 heavy (non-hydrogen) atoms. The maximum Gasteiger partial charge on any atom is 0.0937 e. The van der Waals surface area contributed by atoms with Gasteiger partial charge in [-0.15, -0.1) is 11.3 Å². The Balaban J connectivity index is 2.12. The van der Waals surface area contributed by atoms with E-state index in [1.165, 1.54) is 21.1 Å². The van der Waals surface area contributed by atoms with Crippen LogP contribution in [-0.2, 0) is 6.42 Å². The van der Waals surface area contributed by atoms with E-state index in [0.717, 1.165) is 6.42 Å². The van der Waals surface area contributed by atoms with Gasteiger partial charge in [-0.1, -0.05) is 51.1 Å². The van der Waals surface area contributed by atoms with E-state index in [4.69, 9.17) is 4.98 Å². The molecule has 2 rings (SSSR count). The number of aromatic nitrogens is 1. The average Bonchev–Trinajstić information content (AvgIpc) is 2.71. The third-order valence-electron chi connectivity index (χ3n) is 3.25. The first kappa shape index (κ1) is 13.3. The van der Waals surface area contributed by atoms with Crippen LogP contribution in [0.2, 0.25) is 0 Å². The fraction of sp³-hybridized carbons (Fsp3) is 0.438. The molecule has 1 heterocycles. The SMILES string of the molecule is Cc1nc(CC(C)c2ccccc2)sc1C(C)C. The first-order valence-electron chi connectivity index (χ1n) is 6.59. The van der Waals surface area contributed by atoms with Crippen molar-refractivity contribution in [3.05, 3.63) is 51.5 Å². The van der Waals surface area contributed by atoms with Crippen molar-refractivity contribution in [3.8, 4) is 0 Å². The highest BCUT2D eigenvalue weighted by Gasteiger charge is 2.13. The fourth-order valence-electron chi connectivity index (χ4n) is 2.25. The molecule has 2 heteroatoms. The lowest BCUT2D eigenvalue weighted by molar-refractivity contribution is 0.752. The van der Waals surface area contributed by atoms with E-state index >= 15 is 0 Å². The van der Waals surface area contributed by atoms with Gasteiger partial charge in [0.2, 0.25) is 0 Å². The number of benzene rings is 1. The predicted octanol–water partition coefficient (Wildman–Crippen LogP) is 4.92. The number of hydrogen-bond acceptors (Lipinski definition) is 2. The molecular weight excluding hydrogens is 238 g/mol. The topological polar surface area (TPSA) is 12.9 Å². The zero-order chi connectivity index (χ0) is 13.1. The van der Waals surface area contributed by atoms with Crippen LogP contribution in [-0.4, -0.2) is 4.98 Å². The Kier molecular flexibility index (Phi) is 4.18. The van der Waals surface area contributed by atoms with E-state index in [1.807, 2.05) is 11.3 Å². The van der Waals surface area contributed by atoms with Gasteiger partial charge in [0.05, 0.1) is 10.7 Å². The lowest BCUT2D eigenvalue weighted by atomic mass is 9.98. The van der Waals surface area contributed by atoms with Crippen molar-refractivity contribution in [1.29, 1.82) is 0 Å². The fourth-order valence-corrected chi connectivity index (χ4v) is 3.45. The second-order valence-corrected chi connectivity index (χ2v) is 6.34. The monoisotopic (exact) mass is 259 g/mol. The Labute approximate surface area is 114 Å². The molecule has 1 atom stereocenters. The summed E-state index contributed by atoms with van der Waals surface area (Å²) in [6.45, 7) is 8.89. The molecule has 0 spiro atoms. The number of nitrogens with zero attached hydrogens (tertiary/aromatic N) is 1. The molecule has 0 N–H and O–H groups in total. The first-order chi connectivity index (χ1) is 8.58. The molecule has 0 saturated heterocycles. The van der Waals surface area contributed by atoms with Crippen LogP contribution in [0.5, 0.6) is 0 Å². The van der Waals surface area contributed by atoms with Gasteiger partial charge in [0.15, 0.2) is 0 Å². The van der Waals surface area contributed by atoms with Gasteiger partial charge in [-0.3, -0.25) is 0 Å². The van der Waals surface area contributed by atoms with E-state index in [-0.39, 0.29) is 0 Å². The van der Waals surface area contributed by atoms with Crippen LogP contribution in [0.4, 0.5) is 0 Å². The van der Waals surface area contributed by atoms with E-state index < -0.39 is 0 Å². The van der Waals surface area contributed by atoms with Crippen molar-refractivity contribution in [1.82, 2.24) is 4.98 Å². The lowest BCUT2D eigenvalue weighted by Gasteiger charge is -2.09. The number of aryl methyl sites for hydroxylation is 1. The molecule has 1 aromatic heterocycles. The Morgan fingerprint density at radius 1 is 1.11 bits per heavy atom. The number of rotatable bonds is 4. The van der Waals surface area contributed by atoms with E-state index in [0.29, 0.717) is 11.8 Å². The smallest absolute Gasteiger partial charge is 0.0937 e. The average molecular weight is 259 g/mol. The van der Waals surface area contributed by atoms with E-state index in [9.17, 15) is 0 Å². The molecule has 0 aliphatic carbocycles. The van der Waals surface area contributed by atoms with Crippen molar-refractivity contribution >= 4 is 11.3 Å². The molecule has 0 fully saturated rings. The summed E-state index contributed by atoms with van der Waals surface area (Å²) in [4.78, 5) is 6.15. The van der Waals surface area contributed by atoms with Crippen LogP contribution < -0.4 is 0 Å². The standard InChI is InChI=1S/C16H21NS/c1-11(2)16-13(4)17-15(18-16)10-12(3)14-8-6-5-7-9-14/h5-9,11-12H,10H2,1-4H3. The van der Waals surface area contributed by atoms with Gasteiger partial charge in [-0.05, 0) is 24.3 Å². The zero-order valence-corrected chi connectivity index (χ0v) is 12.4. The summed E-state index contributed by atoms with van der Waals surface area (Å²) in [7, 11) is 0. The Hall–Kier alpha value is -1.15. The van der Waals surface area contributed by atoms with Gasteiger partial charge in [0, 0.05) is 11.3 Å². The quantitative estimate of drug-likeness (QED) is 0.759. The van der Waals surface area contributed by atoms with Gasteiger partial charge in [0.25, 0.3) is 0 Å². The minimum atomic E-state index is 0.539. The zero-order valence-electron chi connectivity index (χ0n) is 11.6. The highest BCUT2D eigenvalue weighted by molar-refractivity contribution is 7.11. The van der Waals surface area contributed by atoms with Crippen LogP contribution in [0.1, 0.15) is 53.7 Å². The van der Waals surface area contributed by atoms with Crippen molar-refractivity contribution < 1.29 is 0 Å². The molecular formula is C16H21NS. The van der Waals surface area contributed by atoms with Gasteiger partial charge < -0.3 is 0 Å². The maximum absolute atomic E-state index is 4.72. The van der Waals surface area contributed by atoms with Crippen molar-refractivity contribution in [2.24, 2.45) is 0 Å². The van der Waals surface area contributed by atoms with Crippen molar-refractivity contribution in [3.63, 3.8) is 0 Å². The van der Waals surface area contributed by atoms with Crippen LogP contribution in [0.3, 0.4) is 0 Å². The number of thiazole rings is 1. The summed E-state index contributed by atoms with van der Waals surface area (Å²) < 4.78 is 0. The number of hydrogen-bond donors (Lipinski definition) is 0. The van der Waals surface area contributed by atoms with Crippen molar-refractivity contribution in [2.45, 2.75) is 46.0 Å². The minimum absolute atomic E-state index is 0.539. The largest absolute Gasteiger partial charge is 0.246 e. The maximum atomic E-state index is 4.72. The van der Waals surface area contributed by atoms with Crippen LogP contribution in [0.15, 0.2) is 30.3 Å². The van der Waals surface area contributed by atoms with Gasteiger partial charge in [-0.25, -0.2) is 4.98 Å². The second-order valence-electron chi connectivity index (χ2n) is 5.23. The molecule has 96 valence electrons. The van der Waals surface area contributed by atoms with Crippen molar-refractivity contribution in [2.75, 3.05) is 0 Å². The van der Waals surface area contributed by atoms with Gasteiger partial charge >= 0.3 is 0 Å². The summed E-state index contributed by atoms with van der Waals surface area (Å²) in [6, 6.07) is 10.7. The van der Waals surface area contributed by atoms with Gasteiger partial charge in [-0.2, -0.15) is 0 Å². The predicted molar refractivity (Wildman–Crippen MR) is 79.5 cm³/mol. The van der Waals surface area contributed by atoms with Crippen LogP contribution in [0.25, 0.3) is 0 Å². The molecule has 0 radical (unpaired) electrons. The molecule has 1 aromatic carbocycles. The minimum Gasteiger partial charge on any atom is -0.246 e. The Morgan fingerprint density at radius 3 is 2.33 bits per heavy atom. The normalized spacial score (nSPS) is 12.9. The molecule has 2 aromatic rings. The summed E-state index contributed by atoms with van der Waals surface area (Å²) in [5, 5.41) is 1.27. The second kappa shape index (κ2) is 5.66. The molecule has 0 aliphatic rings. The highest BCUT2D eigenvalue weighted by Crippen LogP contribution is 2.29. The molecule has 0 aliphatic heterocycles. The van der Waals surface area contributed by atoms with Gasteiger partial charge in [0.1, 0.15) is 0 Å². The molecule has 0 saturated carbocycles.